The van der Waals surface area contributed by atoms with E-state index < -0.39 is 0 Å². The summed E-state index contributed by atoms with van der Waals surface area (Å²) >= 11 is 0. The summed E-state index contributed by atoms with van der Waals surface area (Å²) in [6.45, 7) is 7.93. The maximum Gasteiger partial charge on any atom is 0.227 e. The van der Waals surface area contributed by atoms with E-state index in [4.69, 9.17) is 9.72 Å². The lowest BCUT2D eigenvalue weighted by atomic mass is 10.3. The molecule has 0 aromatic carbocycles. The zero-order valence-corrected chi connectivity index (χ0v) is 14.6. The Morgan fingerprint density at radius 1 is 1.04 bits per heavy atom. The highest BCUT2D eigenvalue weighted by molar-refractivity contribution is 5.44. The first-order valence-corrected chi connectivity index (χ1v) is 8.75. The summed E-state index contributed by atoms with van der Waals surface area (Å²) < 4.78 is 7.38. The fourth-order valence-electron chi connectivity index (χ4n) is 3.22. The third kappa shape index (κ3) is 3.72. The van der Waals surface area contributed by atoms with Crippen LogP contribution in [-0.2, 0) is 18.3 Å². The summed E-state index contributed by atoms with van der Waals surface area (Å²) in [5, 5.41) is 8.12. The minimum Gasteiger partial charge on any atom is -0.378 e. The van der Waals surface area contributed by atoms with Gasteiger partial charge in [0.25, 0.3) is 0 Å². The number of nitrogens with zero attached hydrogens (tertiary/aromatic N) is 8. The molecule has 2 aromatic heterocycles. The molecule has 2 fully saturated rings. The average Bonchev–Trinajstić information content (AvgIpc) is 3.08. The van der Waals surface area contributed by atoms with Crippen molar-refractivity contribution in [1.29, 1.82) is 0 Å². The smallest absolute Gasteiger partial charge is 0.227 e. The van der Waals surface area contributed by atoms with E-state index in [1.165, 1.54) is 0 Å². The number of morpholine rings is 1. The van der Waals surface area contributed by atoms with Gasteiger partial charge < -0.3 is 19.1 Å². The van der Waals surface area contributed by atoms with Crippen LogP contribution in [0.5, 0.6) is 0 Å². The first-order valence-electron chi connectivity index (χ1n) is 8.75. The van der Waals surface area contributed by atoms with Gasteiger partial charge in [0, 0.05) is 52.5 Å². The van der Waals surface area contributed by atoms with Gasteiger partial charge in [0.1, 0.15) is 18.0 Å². The SMILES string of the molecule is Cn1cnnc1CN1CCN(c2ccnc(N3CCOCC3)n2)CC1. The Morgan fingerprint density at radius 3 is 2.56 bits per heavy atom. The van der Waals surface area contributed by atoms with E-state index in [9.17, 15) is 0 Å². The van der Waals surface area contributed by atoms with Gasteiger partial charge in [-0.05, 0) is 6.07 Å². The number of rotatable bonds is 4. The van der Waals surface area contributed by atoms with Crippen LogP contribution in [-0.4, -0.2) is 82.1 Å². The van der Waals surface area contributed by atoms with Gasteiger partial charge in [0.15, 0.2) is 0 Å². The van der Waals surface area contributed by atoms with Crippen molar-refractivity contribution >= 4 is 11.8 Å². The maximum absolute atomic E-state index is 5.41. The summed E-state index contributed by atoms with van der Waals surface area (Å²) in [5.74, 6) is 2.82. The van der Waals surface area contributed by atoms with Crippen molar-refractivity contribution in [3.05, 3.63) is 24.4 Å². The van der Waals surface area contributed by atoms with Crippen LogP contribution in [0.25, 0.3) is 0 Å². The predicted molar refractivity (Wildman–Crippen MR) is 93.6 cm³/mol. The molecule has 0 amide bonds. The van der Waals surface area contributed by atoms with Crippen LogP contribution in [0.3, 0.4) is 0 Å². The first-order chi connectivity index (χ1) is 12.3. The fourth-order valence-corrected chi connectivity index (χ4v) is 3.22. The van der Waals surface area contributed by atoms with E-state index in [1.54, 1.807) is 6.33 Å². The van der Waals surface area contributed by atoms with Gasteiger partial charge in [-0.25, -0.2) is 4.98 Å². The second-order valence-electron chi connectivity index (χ2n) is 6.44. The van der Waals surface area contributed by atoms with Crippen LogP contribution in [0.2, 0.25) is 0 Å². The molecule has 0 saturated carbocycles. The molecule has 0 spiro atoms. The van der Waals surface area contributed by atoms with Crippen molar-refractivity contribution in [3.63, 3.8) is 0 Å². The van der Waals surface area contributed by atoms with Gasteiger partial charge in [-0.2, -0.15) is 4.98 Å². The lowest BCUT2D eigenvalue weighted by molar-refractivity contribution is 0.122. The molecule has 0 atom stereocenters. The van der Waals surface area contributed by atoms with Crippen molar-refractivity contribution in [2.24, 2.45) is 7.05 Å². The number of aromatic nitrogens is 5. The Balaban J connectivity index is 1.36. The molecule has 0 radical (unpaired) electrons. The van der Waals surface area contributed by atoms with Crippen LogP contribution >= 0.6 is 0 Å². The van der Waals surface area contributed by atoms with Gasteiger partial charge in [-0.3, -0.25) is 4.90 Å². The third-order valence-corrected chi connectivity index (χ3v) is 4.79. The second kappa shape index (κ2) is 7.32. The molecule has 25 heavy (non-hydrogen) atoms. The highest BCUT2D eigenvalue weighted by Crippen LogP contribution is 2.18. The van der Waals surface area contributed by atoms with Crippen LogP contribution in [0.4, 0.5) is 11.8 Å². The topological polar surface area (TPSA) is 75.4 Å². The first kappa shape index (κ1) is 16.2. The average molecular weight is 344 g/mol. The monoisotopic (exact) mass is 344 g/mol. The van der Waals surface area contributed by atoms with Gasteiger partial charge in [-0.1, -0.05) is 0 Å². The highest BCUT2D eigenvalue weighted by atomic mass is 16.5. The number of ether oxygens (including phenoxy) is 1. The Morgan fingerprint density at radius 2 is 1.84 bits per heavy atom. The maximum atomic E-state index is 5.41. The van der Waals surface area contributed by atoms with Crippen molar-refractivity contribution < 1.29 is 4.74 Å². The standard InChI is InChI=1S/C16H24N8O/c1-21-13-18-20-15(21)12-22-4-6-23(7-5-22)14-2-3-17-16(19-14)24-8-10-25-11-9-24/h2-3,13H,4-12H2,1H3. The summed E-state index contributed by atoms with van der Waals surface area (Å²) in [6.07, 6.45) is 3.61. The van der Waals surface area contributed by atoms with Gasteiger partial charge in [0.2, 0.25) is 5.95 Å². The molecule has 134 valence electrons. The molecular formula is C16H24N8O. The molecule has 4 heterocycles. The normalized spacial score (nSPS) is 19.4. The number of aryl methyl sites for hydroxylation is 1. The molecule has 0 N–H and O–H groups in total. The molecule has 4 rings (SSSR count). The second-order valence-corrected chi connectivity index (χ2v) is 6.44. The van der Waals surface area contributed by atoms with E-state index >= 15 is 0 Å². The quantitative estimate of drug-likeness (QED) is 0.753. The lowest BCUT2D eigenvalue weighted by Crippen LogP contribution is -2.46. The highest BCUT2D eigenvalue weighted by Gasteiger charge is 2.21. The van der Waals surface area contributed by atoms with E-state index in [2.05, 4.69) is 29.9 Å². The van der Waals surface area contributed by atoms with Crippen LogP contribution in [0, 0.1) is 0 Å². The minimum atomic E-state index is 0.744. The number of anilines is 2. The Bertz CT molecular complexity index is 691. The molecule has 0 bridgehead atoms. The molecule has 2 saturated heterocycles. The molecule has 2 aromatic rings. The molecule has 2 aliphatic heterocycles. The van der Waals surface area contributed by atoms with E-state index in [1.807, 2.05) is 23.9 Å². The molecule has 9 nitrogen and oxygen atoms in total. The van der Waals surface area contributed by atoms with E-state index in [0.29, 0.717) is 0 Å². The molecule has 0 unspecified atom stereocenters. The van der Waals surface area contributed by atoms with Crippen molar-refractivity contribution in [3.8, 4) is 0 Å². The van der Waals surface area contributed by atoms with Crippen LogP contribution in [0.1, 0.15) is 5.82 Å². The van der Waals surface area contributed by atoms with E-state index in [-0.39, 0.29) is 0 Å². The third-order valence-electron chi connectivity index (χ3n) is 4.79. The van der Waals surface area contributed by atoms with Gasteiger partial charge >= 0.3 is 0 Å². The minimum absolute atomic E-state index is 0.744. The molecule has 2 aliphatic rings. The zero-order valence-electron chi connectivity index (χ0n) is 14.6. The van der Waals surface area contributed by atoms with Crippen LogP contribution in [0.15, 0.2) is 18.6 Å². The predicted octanol–water partition coefficient (Wildman–Crippen LogP) is -0.236. The number of hydrogen-bond acceptors (Lipinski definition) is 8. The fraction of sp³-hybridized carbons (Fsp3) is 0.625. The molecular weight excluding hydrogens is 320 g/mol. The summed E-state index contributed by atoms with van der Waals surface area (Å²) in [5.41, 5.74) is 0. The van der Waals surface area contributed by atoms with Crippen molar-refractivity contribution in [2.45, 2.75) is 6.54 Å². The van der Waals surface area contributed by atoms with Gasteiger partial charge in [0.05, 0.1) is 19.8 Å². The van der Waals surface area contributed by atoms with E-state index in [0.717, 1.165) is 76.6 Å². The Labute approximate surface area is 147 Å². The Hall–Kier alpha value is -2.26. The van der Waals surface area contributed by atoms with Crippen molar-refractivity contribution in [1.82, 2.24) is 29.6 Å². The summed E-state index contributed by atoms with van der Waals surface area (Å²) in [4.78, 5) is 16.1. The Kier molecular flexibility index (Phi) is 4.75. The summed E-state index contributed by atoms with van der Waals surface area (Å²) in [6, 6.07) is 2.00. The zero-order chi connectivity index (χ0) is 17.1. The van der Waals surface area contributed by atoms with Gasteiger partial charge in [-0.15, -0.1) is 10.2 Å². The molecule has 9 heteroatoms. The summed E-state index contributed by atoms with van der Waals surface area (Å²) in [7, 11) is 1.99. The van der Waals surface area contributed by atoms with Crippen LogP contribution < -0.4 is 9.80 Å². The largest absolute Gasteiger partial charge is 0.378 e. The van der Waals surface area contributed by atoms with Crippen molar-refractivity contribution in [2.75, 3.05) is 62.3 Å². The lowest BCUT2D eigenvalue weighted by Gasteiger charge is -2.35. The number of piperazine rings is 1. The number of hydrogen-bond donors (Lipinski definition) is 0. The molecule has 0 aliphatic carbocycles.